The first-order valence-corrected chi connectivity index (χ1v) is 13.2. The molecule has 0 radical (unpaired) electrons. The van der Waals surface area contributed by atoms with E-state index in [2.05, 4.69) is 48.0 Å². The molecule has 0 aliphatic carbocycles. The van der Waals surface area contributed by atoms with Gasteiger partial charge < -0.3 is 10.3 Å². The van der Waals surface area contributed by atoms with E-state index in [1.165, 1.54) is 0 Å². The van der Waals surface area contributed by atoms with Crippen molar-refractivity contribution < 1.29 is 4.79 Å². The number of rotatable bonds is 6. The van der Waals surface area contributed by atoms with Crippen molar-refractivity contribution >= 4 is 44.9 Å². The molecule has 0 spiro atoms. The highest BCUT2D eigenvalue weighted by atomic mass is 32.1. The second kappa shape index (κ2) is 9.62. The molecular weight excluding hydrogens is 506 g/mol. The van der Waals surface area contributed by atoms with Crippen LogP contribution in [-0.4, -0.2) is 36.0 Å². The lowest BCUT2D eigenvalue weighted by Gasteiger charge is -2.07. The molecular formula is C30H21N7OS. The number of benzene rings is 1. The van der Waals surface area contributed by atoms with E-state index >= 15 is 0 Å². The van der Waals surface area contributed by atoms with Gasteiger partial charge in [-0.2, -0.15) is 5.10 Å². The molecule has 0 fully saturated rings. The number of carbonyl (C=O) groups excluding carboxylic acids is 1. The van der Waals surface area contributed by atoms with Gasteiger partial charge in [-0.05, 0) is 41.3 Å². The number of fused-ring (bicyclic) bond motifs is 2. The van der Waals surface area contributed by atoms with E-state index in [-0.39, 0.29) is 5.91 Å². The smallest absolute Gasteiger partial charge is 0.228 e. The number of hydrogen-bond donors (Lipinski definition) is 3. The normalized spacial score (nSPS) is 11.3. The second-order valence-electron chi connectivity index (χ2n) is 9.15. The fourth-order valence-corrected chi connectivity index (χ4v) is 5.44. The summed E-state index contributed by atoms with van der Waals surface area (Å²) in [6, 6.07) is 21.6. The van der Waals surface area contributed by atoms with E-state index < -0.39 is 0 Å². The maximum Gasteiger partial charge on any atom is 0.228 e. The average molecular weight is 528 g/mol. The van der Waals surface area contributed by atoms with E-state index in [4.69, 9.17) is 4.98 Å². The lowest BCUT2D eigenvalue weighted by molar-refractivity contribution is -0.115. The first kappa shape index (κ1) is 23.0. The minimum atomic E-state index is -0.101. The molecule has 9 heteroatoms. The SMILES string of the molecule is O=C(Cc1ccccc1)Nc1cncc(-c2ccc3[nH]nc(-c4cc5c(-c6cccs6)cncc5[nH]4)c3n2)c1. The monoisotopic (exact) mass is 527 g/mol. The van der Waals surface area contributed by atoms with E-state index in [9.17, 15) is 4.79 Å². The standard InChI is InChI=1S/C30H21N7OS/c38-28(11-18-5-2-1-3-6-18)33-20-12-19(14-31-15-20)23-8-9-24-29(35-23)30(37-36-24)25-13-21-22(27-7-4-10-39-27)16-32-17-26(21)34-25/h1-10,12-17,34H,11H2,(H,33,38)(H,36,37). The molecule has 8 nitrogen and oxygen atoms in total. The van der Waals surface area contributed by atoms with Gasteiger partial charge in [0.1, 0.15) is 11.2 Å². The summed E-state index contributed by atoms with van der Waals surface area (Å²) in [5.74, 6) is -0.101. The zero-order valence-electron chi connectivity index (χ0n) is 20.6. The Morgan fingerprint density at radius 3 is 2.67 bits per heavy atom. The third-order valence-electron chi connectivity index (χ3n) is 6.52. The Bertz CT molecular complexity index is 1940. The summed E-state index contributed by atoms with van der Waals surface area (Å²) in [4.78, 5) is 30.9. The van der Waals surface area contributed by atoms with Crippen LogP contribution in [0.1, 0.15) is 5.56 Å². The number of pyridine rings is 3. The number of nitrogens with zero attached hydrogens (tertiary/aromatic N) is 4. The van der Waals surface area contributed by atoms with Gasteiger partial charge in [-0.3, -0.25) is 19.9 Å². The number of amides is 1. The predicted octanol–water partition coefficient (Wildman–Crippen LogP) is 6.47. The van der Waals surface area contributed by atoms with Crippen molar-refractivity contribution in [2.45, 2.75) is 6.42 Å². The number of thiophene rings is 1. The first-order chi connectivity index (χ1) is 19.2. The van der Waals surface area contributed by atoms with E-state index in [1.54, 1.807) is 23.7 Å². The Morgan fingerprint density at radius 1 is 0.897 bits per heavy atom. The summed E-state index contributed by atoms with van der Waals surface area (Å²) in [7, 11) is 0. The number of H-pyrrole nitrogens is 2. The summed E-state index contributed by atoms with van der Waals surface area (Å²) in [6.45, 7) is 0. The highest BCUT2D eigenvalue weighted by Crippen LogP contribution is 2.35. The van der Waals surface area contributed by atoms with Crippen LogP contribution < -0.4 is 5.32 Å². The Labute approximate surface area is 226 Å². The largest absolute Gasteiger partial charge is 0.352 e. The molecule has 0 saturated carbocycles. The minimum absolute atomic E-state index is 0.101. The first-order valence-electron chi connectivity index (χ1n) is 12.4. The van der Waals surface area contributed by atoms with E-state index in [0.717, 1.165) is 60.6 Å². The van der Waals surface area contributed by atoms with Crippen molar-refractivity contribution in [3.63, 3.8) is 0 Å². The van der Waals surface area contributed by atoms with Gasteiger partial charge in [-0.15, -0.1) is 11.3 Å². The molecule has 1 aromatic carbocycles. The van der Waals surface area contributed by atoms with Crippen LogP contribution in [0.4, 0.5) is 5.69 Å². The fraction of sp³-hybridized carbons (Fsp3) is 0.0333. The maximum atomic E-state index is 12.6. The van der Waals surface area contributed by atoms with Gasteiger partial charge in [-0.1, -0.05) is 36.4 Å². The van der Waals surface area contributed by atoms with Gasteiger partial charge in [-0.25, -0.2) is 4.98 Å². The maximum absolute atomic E-state index is 12.6. The summed E-state index contributed by atoms with van der Waals surface area (Å²) >= 11 is 1.68. The van der Waals surface area contributed by atoms with Crippen molar-refractivity contribution in [1.29, 1.82) is 0 Å². The Morgan fingerprint density at radius 2 is 1.79 bits per heavy atom. The van der Waals surface area contributed by atoms with Gasteiger partial charge in [0.15, 0.2) is 0 Å². The van der Waals surface area contributed by atoms with Crippen LogP contribution in [0.5, 0.6) is 0 Å². The second-order valence-corrected chi connectivity index (χ2v) is 10.1. The molecule has 7 rings (SSSR count). The van der Waals surface area contributed by atoms with Crippen LogP contribution >= 0.6 is 11.3 Å². The van der Waals surface area contributed by atoms with Gasteiger partial charge in [0.05, 0.1) is 46.9 Å². The van der Waals surface area contributed by atoms with Crippen molar-refractivity contribution in [2.24, 2.45) is 0 Å². The van der Waals surface area contributed by atoms with Gasteiger partial charge >= 0.3 is 0 Å². The Balaban J connectivity index is 1.21. The molecule has 1 amide bonds. The van der Waals surface area contributed by atoms with E-state index in [0.29, 0.717) is 12.1 Å². The van der Waals surface area contributed by atoms with Crippen LogP contribution in [0.2, 0.25) is 0 Å². The number of anilines is 1. The summed E-state index contributed by atoms with van der Waals surface area (Å²) in [5.41, 5.74) is 8.25. The van der Waals surface area contributed by atoms with Crippen LogP contribution in [0, 0.1) is 0 Å². The minimum Gasteiger partial charge on any atom is -0.352 e. The van der Waals surface area contributed by atoms with Crippen molar-refractivity contribution in [3.8, 4) is 33.1 Å². The van der Waals surface area contributed by atoms with Gasteiger partial charge in [0.25, 0.3) is 0 Å². The summed E-state index contributed by atoms with van der Waals surface area (Å²) in [6.07, 6.45) is 7.39. The van der Waals surface area contributed by atoms with Gasteiger partial charge in [0.2, 0.25) is 5.91 Å². The summed E-state index contributed by atoms with van der Waals surface area (Å²) < 4.78 is 0. The zero-order valence-corrected chi connectivity index (χ0v) is 21.4. The van der Waals surface area contributed by atoms with E-state index in [1.807, 2.05) is 67.0 Å². The number of nitrogens with one attached hydrogen (secondary N) is 3. The third-order valence-corrected chi connectivity index (χ3v) is 7.42. The number of hydrogen-bond acceptors (Lipinski definition) is 6. The molecule has 7 aromatic rings. The Kier molecular flexibility index (Phi) is 5.68. The van der Waals surface area contributed by atoms with Crippen LogP contribution in [0.15, 0.2) is 96.9 Å². The molecule has 6 aromatic heterocycles. The molecule has 0 aliphatic heterocycles. The van der Waals surface area contributed by atoms with Gasteiger partial charge in [0, 0.05) is 33.8 Å². The fourth-order valence-electron chi connectivity index (χ4n) is 4.69. The topological polar surface area (TPSA) is 112 Å². The Hall–Kier alpha value is -5.15. The molecule has 39 heavy (non-hydrogen) atoms. The molecule has 3 N–H and O–H groups in total. The molecule has 6 heterocycles. The number of carbonyl (C=O) groups is 1. The molecule has 188 valence electrons. The van der Waals surface area contributed by atoms with Crippen molar-refractivity contribution in [3.05, 3.63) is 102 Å². The third kappa shape index (κ3) is 4.45. The molecule has 0 atom stereocenters. The highest BCUT2D eigenvalue weighted by Gasteiger charge is 2.16. The average Bonchev–Trinajstić information content (AvgIpc) is 3.73. The molecule has 0 unspecified atom stereocenters. The lowest BCUT2D eigenvalue weighted by Crippen LogP contribution is -2.14. The highest BCUT2D eigenvalue weighted by molar-refractivity contribution is 7.13. The summed E-state index contributed by atoms with van der Waals surface area (Å²) in [5, 5.41) is 13.8. The zero-order chi connectivity index (χ0) is 26.2. The van der Waals surface area contributed by atoms with Crippen LogP contribution in [0.3, 0.4) is 0 Å². The van der Waals surface area contributed by atoms with Crippen LogP contribution in [-0.2, 0) is 11.2 Å². The molecule has 0 bridgehead atoms. The number of aromatic nitrogens is 6. The lowest BCUT2D eigenvalue weighted by atomic mass is 10.1. The molecule has 0 saturated heterocycles. The number of aromatic amines is 2. The predicted molar refractivity (Wildman–Crippen MR) is 154 cm³/mol. The quantitative estimate of drug-likeness (QED) is 0.229. The van der Waals surface area contributed by atoms with Crippen molar-refractivity contribution in [1.82, 2.24) is 30.1 Å². The van der Waals surface area contributed by atoms with Crippen molar-refractivity contribution in [2.75, 3.05) is 5.32 Å². The van der Waals surface area contributed by atoms with Crippen LogP contribution in [0.25, 0.3) is 55.0 Å². The molecule has 0 aliphatic rings.